The van der Waals surface area contributed by atoms with Crippen molar-refractivity contribution in [1.82, 2.24) is 25.4 Å². The molecule has 0 amide bonds. The van der Waals surface area contributed by atoms with Crippen LogP contribution in [0.2, 0.25) is 0 Å². The largest absolute Gasteiger partial charge is 0.339 e. The van der Waals surface area contributed by atoms with Gasteiger partial charge < -0.3 is 4.52 Å². The molecular formula is C15H23N5O2. The molecule has 2 aromatic heterocycles. The lowest BCUT2D eigenvalue weighted by atomic mass is 9.97. The lowest BCUT2D eigenvalue weighted by Gasteiger charge is -2.30. The molecule has 0 radical (unpaired) electrons. The molecule has 3 heterocycles. The molecule has 1 aliphatic rings. The summed E-state index contributed by atoms with van der Waals surface area (Å²) >= 11 is 0. The quantitative estimate of drug-likeness (QED) is 0.838. The van der Waals surface area contributed by atoms with Gasteiger partial charge in [0.1, 0.15) is 11.4 Å². The van der Waals surface area contributed by atoms with Crippen LogP contribution in [0.3, 0.4) is 0 Å². The van der Waals surface area contributed by atoms with E-state index < -0.39 is 0 Å². The molecule has 2 aromatic rings. The SMILES string of the molecule is Cc1nonc1CN1CCCC(c2nc(CC(C)C)no2)C1. The van der Waals surface area contributed by atoms with E-state index in [4.69, 9.17) is 9.15 Å². The van der Waals surface area contributed by atoms with E-state index in [0.29, 0.717) is 11.8 Å². The monoisotopic (exact) mass is 305 g/mol. The molecule has 1 saturated heterocycles. The van der Waals surface area contributed by atoms with Crippen molar-refractivity contribution < 1.29 is 9.15 Å². The van der Waals surface area contributed by atoms with Crippen LogP contribution < -0.4 is 0 Å². The Bertz CT molecular complexity index is 607. The third-order valence-electron chi connectivity index (χ3n) is 4.05. The first kappa shape index (κ1) is 15.1. The second kappa shape index (κ2) is 6.56. The second-order valence-electron chi connectivity index (χ2n) is 6.52. The number of hydrogen-bond donors (Lipinski definition) is 0. The summed E-state index contributed by atoms with van der Waals surface area (Å²) in [5.41, 5.74) is 1.77. The molecule has 0 spiro atoms. The maximum atomic E-state index is 5.48. The maximum absolute atomic E-state index is 5.48. The standard InChI is InChI=1S/C15H23N5O2/c1-10(2)7-14-16-15(21-19-14)12-5-4-6-20(8-12)9-13-11(3)17-22-18-13/h10,12H,4-9H2,1-3H3. The lowest BCUT2D eigenvalue weighted by Crippen LogP contribution is -2.34. The Labute approximate surface area is 130 Å². The van der Waals surface area contributed by atoms with E-state index in [9.17, 15) is 0 Å². The Kier molecular flexibility index (Phi) is 4.52. The van der Waals surface area contributed by atoms with Gasteiger partial charge in [-0.05, 0) is 32.2 Å². The van der Waals surface area contributed by atoms with Crippen LogP contribution in [0.4, 0.5) is 0 Å². The predicted molar refractivity (Wildman–Crippen MR) is 79.1 cm³/mol. The van der Waals surface area contributed by atoms with Crippen LogP contribution in [0.5, 0.6) is 0 Å². The van der Waals surface area contributed by atoms with Gasteiger partial charge in [-0.15, -0.1) is 0 Å². The highest BCUT2D eigenvalue weighted by Crippen LogP contribution is 2.27. The summed E-state index contributed by atoms with van der Waals surface area (Å²) in [5, 5.41) is 11.9. The van der Waals surface area contributed by atoms with Crippen molar-refractivity contribution >= 4 is 0 Å². The second-order valence-corrected chi connectivity index (χ2v) is 6.52. The molecule has 1 unspecified atom stereocenters. The molecule has 0 aliphatic carbocycles. The van der Waals surface area contributed by atoms with Gasteiger partial charge in [0.2, 0.25) is 5.89 Å². The first-order chi connectivity index (χ1) is 10.6. The minimum atomic E-state index is 0.308. The Hall–Kier alpha value is -1.76. The van der Waals surface area contributed by atoms with Gasteiger partial charge in [0.15, 0.2) is 5.82 Å². The number of nitrogens with zero attached hydrogens (tertiary/aromatic N) is 5. The number of hydrogen-bond acceptors (Lipinski definition) is 7. The summed E-state index contributed by atoms with van der Waals surface area (Å²) in [5.74, 6) is 2.44. The third kappa shape index (κ3) is 3.52. The molecule has 22 heavy (non-hydrogen) atoms. The van der Waals surface area contributed by atoms with Crippen molar-refractivity contribution in [3.63, 3.8) is 0 Å². The summed E-state index contributed by atoms with van der Waals surface area (Å²) in [7, 11) is 0. The normalized spacial score (nSPS) is 19.9. The fourth-order valence-electron chi connectivity index (χ4n) is 2.89. The first-order valence-corrected chi connectivity index (χ1v) is 7.94. The van der Waals surface area contributed by atoms with Crippen LogP contribution in [-0.2, 0) is 13.0 Å². The first-order valence-electron chi connectivity index (χ1n) is 7.94. The highest BCUT2D eigenvalue weighted by molar-refractivity contribution is 5.05. The van der Waals surface area contributed by atoms with Gasteiger partial charge in [0.05, 0.1) is 5.92 Å². The Morgan fingerprint density at radius 2 is 2.14 bits per heavy atom. The van der Waals surface area contributed by atoms with E-state index in [-0.39, 0.29) is 0 Å². The Morgan fingerprint density at radius 3 is 2.86 bits per heavy atom. The minimum Gasteiger partial charge on any atom is -0.339 e. The van der Waals surface area contributed by atoms with E-state index >= 15 is 0 Å². The fourth-order valence-corrected chi connectivity index (χ4v) is 2.89. The minimum absolute atomic E-state index is 0.308. The summed E-state index contributed by atoms with van der Waals surface area (Å²) in [6.45, 7) is 8.97. The average Bonchev–Trinajstić information content (AvgIpc) is 3.09. The molecule has 0 saturated carbocycles. The van der Waals surface area contributed by atoms with Gasteiger partial charge >= 0.3 is 0 Å². The van der Waals surface area contributed by atoms with Crippen LogP contribution in [0.1, 0.15) is 55.7 Å². The topological polar surface area (TPSA) is 81.1 Å². The number of likely N-dealkylation sites (tertiary alicyclic amines) is 1. The van der Waals surface area contributed by atoms with Crippen LogP contribution in [-0.4, -0.2) is 38.4 Å². The predicted octanol–water partition coefficient (Wildman–Crippen LogP) is 2.34. The van der Waals surface area contributed by atoms with Gasteiger partial charge in [-0.1, -0.05) is 29.3 Å². The molecule has 1 atom stereocenters. The molecule has 1 fully saturated rings. The molecule has 0 bridgehead atoms. The number of rotatable bonds is 5. The highest BCUT2D eigenvalue weighted by atomic mass is 16.6. The Morgan fingerprint density at radius 1 is 1.27 bits per heavy atom. The van der Waals surface area contributed by atoms with Crippen LogP contribution >= 0.6 is 0 Å². The van der Waals surface area contributed by atoms with Gasteiger partial charge in [-0.3, -0.25) is 4.90 Å². The van der Waals surface area contributed by atoms with E-state index in [2.05, 4.69) is 39.2 Å². The number of piperidine rings is 1. The molecule has 1 aliphatic heterocycles. The van der Waals surface area contributed by atoms with Crippen molar-refractivity contribution in [2.75, 3.05) is 13.1 Å². The number of aromatic nitrogens is 4. The molecule has 0 N–H and O–H groups in total. The van der Waals surface area contributed by atoms with E-state index in [1.165, 1.54) is 0 Å². The smallest absolute Gasteiger partial charge is 0.231 e. The zero-order chi connectivity index (χ0) is 15.5. The molecule has 7 heteroatoms. The fraction of sp³-hybridized carbons (Fsp3) is 0.733. The van der Waals surface area contributed by atoms with Gasteiger partial charge in [-0.25, -0.2) is 4.63 Å². The van der Waals surface area contributed by atoms with Crippen molar-refractivity contribution in [2.24, 2.45) is 5.92 Å². The van der Waals surface area contributed by atoms with E-state index in [1.54, 1.807) is 0 Å². The Balaban J connectivity index is 1.62. The molecule has 7 nitrogen and oxygen atoms in total. The number of aryl methyl sites for hydroxylation is 1. The van der Waals surface area contributed by atoms with Crippen molar-refractivity contribution in [3.05, 3.63) is 23.1 Å². The average molecular weight is 305 g/mol. The van der Waals surface area contributed by atoms with Crippen molar-refractivity contribution in [2.45, 2.75) is 52.5 Å². The summed E-state index contributed by atoms with van der Waals surface area (Å²) in [6.07, 6.45) is 3.08. The molecular weight excluding hydrogens is 282 g/mol. The molecule has 120 valence electrons. The van der Waals surface area contributed by atoms with Gasteiger partial charge in [-0.2, -0.15) is 4.98 Å². The van der Waals surface area contributed by atoms with Crippen LogP contribution in [0.15, 0.2) is 9.15 Å². The van der Waals surface area contributed by atoms with Gasteiger partial charge in [0.25, 0.3) is 0 Å². The molecule has 0 aromatic carbocycles. The summed E-state index contributed by atoms with van der Waals surface area (Å²) < 4.78 is 10.2. The summed E-state index contributed by atoms with van der Waals surface area (Å²) in [6, 6.07) is 0. The lowest BCUT2D eigenvalue weighted by molar-refractivity contribution is 0.175. The summed E-state index contributed by atoms with van der Waals surface area (Å²) in [4.78, 5) is 6.93. The van der Waals surface area contributed by atoms with Crippen LogP contribution in [0.25, 0.3) is 0 Å². The van der Waals surface area contributed by atoms with Crippen LogP contribution in [0, 0.1) is 12.8 Å². The van der Waals surface area contributed by atoms with E-state index in [1.807, 2.05) is 6.92 Å². The maximum Gasteiger partial charge on any atom is 0.231 e. The third-order valence-corrected chi connectivity index (χ3v) is 4.05. The van der Waals surface area contributed by atoms with Crippen molar-refractivity contribution in [1.29, 1.82) is 0 Å². The van der Waals surface area contributed by atoms with Crippen molar-refractivity contribution in [3.8, 4) is 0 Å². The highest BCUT2D eigenvalue weighted by Gasteiger charge is 2.27. The molecule has 3 rings (SSSR count). The zero-order valence-corrected chi connectivity index (χ0v) is 13.4. The zero-order valence-electron chi connectivity index (χ0n) is 13.4. The van der Waals surface area contributed by atoms with E-state index in [0.717, 1.165) is 62.0 Å². The van der Waals surface area contributed by atoms with Gasteiger partial charge in [0, 0.05) is 19.5 Å².